The number of rotatable bonds is 5. The van der Waals surface area contributed by atoms with E-state index in [-0.39, 0.29) is 28.9 Å². The highest BCUT2D eigenvalue weighted by Gasteiger charge is 2.27. The zero-order valence-electron chi connectivity index (χ0n) is 20.2. The van der Waals surface area contributed by atoms with Crippen molar-refractivity contribution in [2.24, 2.45) is 0 Å². The Bertz CT molecular complexity index is 1320. The van der Waals surface area contributed by atoms with Gasteiger partial charge in [0, 0.05) is 43.5 Å². The largest absolute Gasteiger partial charge is 0.371 e. The standard InChI is InChI=1S/C27H28F2N6O/c1-31-20-5-4-12-34(17-20)27(36)24-15-26(18-6-7-19(16-30)22(28)13-18)35(32-24)25-9-8-21(14-23(25)29)33-10-2-3-11-33/h6-9,13-15,20,31H,2-5,10-12,17H2,1H3/t20-/m1/s1. The zero-order chi connectivity index (χ0) is 25.2. The van der Waals surface area contributed by atoms with E-state index in [0.717, 1.165) is 44.5 Å². The molecule has 2 aliphatic heterocycles. The average molecular weight is 491 g/mol. The van der Waals surface area contributed by atoms with Crippen LogP contribution in [0.4, 0.5) is 14.5 Å². The summed E-state index contributed by atoms with van der Waals surface area (Å²) in [5, 5.41) is 16.8. The van der Waals surface area contributed by atoms with Crippen molar-refractivity contribution in [3.63, 3.8) is 0 Å². The molecule has 0 unspecified atom stereocenters. The van der Waals surface area contributed by atoms with E-state index in [1.807, 2.05) is 19.2 Å². The van der Waals surface area contributed by atoms with E-state index in [0.29, 0.717) is 24.3 Å². The van der Waals surface area contributed by atoms with Crippen LogP contribution in [0.1, 0.15) is 41.7 Å². The Morgan fingerprint density at radius 3 is 2.56 bits per heavy atom. The molecule has 0 spiro atoms. The summed E-state index contributed by atoms with van der Waals surface area (Å²) in [6.45, 7) is 2.95. The van der Waals surface area contributed by atoms with Crippen molar-refractivity contribution in [2.75, 3.05) is 38.1 Å². The molecule has 1 atom stereocenters. The molecule has 0 radical (unpaired) electrons. The number of hydrogen-bond donors (Lipinski definition) is 1. The minimum absolute atomic E-state index is 0.0892. The minimum Gasteiger partial charge on any atom is -0.371 e. The van der Waals surface area contributed by atoms with Gasteiger partial charge in [-0.3, -0.25) is 4.79 Å². The van der Waals surface area contributed by atoms with Crippen LogP contribution in [0.25, 0.3) is 16.9 Å². The number of halogens is 2. The predicted octanol–water partition coefficient (Wildman–Crippen LogP) is 4.11. The van der Waals surface area contributed by atoms with Gasteiger partial charge in [0.2, 0.25) is 0 Å². The first-order valence-corrected chi connectivity index (χ1v) is 12.3. The third-order valence-electron chi connectivity index (χ3n) is 7.06. The van der Waals surface area contributed by atoms with E-state index < -0.39 is 11.6 Å². The predicted molar refractivity (Wildman–Crippen MR) is 133 cm³/mol. The molecular weight excluding hydrogens is 462 g/mol. The molecule has 0 aliphatic carbocycles. The van der Waals surface area contributed by atoms with Gasteiger partial charge in [-0.2, -0.15) is 10.4 Å². The van der Waals surface area contributed by atoms with Gasteiger partial charge in [0.25, 0.3) is 5.91 Å². The molecule has 5 rings (SSSR count). The molecule has 2 aliphatic rings. The molecule has 3 heterocycles. The highest BCUT2D eigenvalue weighted by atomic mass is 19.1. The number of carbonyl (C=O) groups excluding carboxylic acids is 1. The Morgan fingerprint density at radius 1 is 1.06 bits per heavy atom. The first kappa shape index (κ1) is 23.9. The van der Waals surface area contributed by atoms with Crippen molar-refractivity contribution in [1.29, 1.82) is 5.26 Å². The number of carbonyl (C=O) groups is 1. The average Bonchev–Trinajstić information content (AvgIpc) is 3.59. The van der Waals surface area contributed by atoms with Crippen LogP contribution >= 0.6 is 0 Å². The van der Waals surface area contributed by atoms with Crippen molar-refractivity contribution >= 4 is 11.6 Å². The van der Waals surface area contributed by atoms with Gasteiger partial charge in [0.15, 0.2) is 11.5 Å². The van der Waals surface area contributed by atoms with Crippen LogP contribution in [-0.4, -0.2) is 59.9 Å². The molecule has 0 bridgehead atoms. The second-order valence-corrected chi connectivity index (χ2v) is 9.34. The van der Waals surface area contributed by atoms with Gasteiger partial charge >= 0.3 is 0 Å². The highest BCUT2D eigenvalue weighted by Crippen LogP contribution is 2.30. The Kier molecular flexibility index (Phi) is 6.70. The monoisotopic (exact) mass is 490 g/mol. The molecule has 2 aromatic carbocycles. The molecule has 1 amide bonds. The Morgan fingerprint density at radius 2 is 1.86 bits per heavy atom. The highest BCUT2D eigenvalue weighted by molar-refractivity contribution is 5.93. The van der Waals surface area contributed by atoms with E-state index in [9.17, 15) is 9.18 Å². The number of benzene rings is 2. The first-order valence-electron chi connectivity index (χ1n) is 12.3. The quantitative estimate of drug-likeness (QED) is 0.583. The fourth-order valence-electron chi connectivity index (χ4n) is 5.04. The van der Waals surface area contributed by atoms with Crippen LogP contribution in [-0.2, 0) is 0 Å². The fourth-order valence-corrected chi connectivity index (χ4v) is 5.04. The van der Waals surface area contributed by atoms with E-state index in [1.54, 1.807) is 23.1 Å². The van der Waals surface area contributed by atoms with Gasteiger partial charge in [0.05, 0.1) is 11.3 Å². The van der Waals surface area contributed by atoms with Crippen molar-refractivity contribution in [1.82, 2.24) is 20.0 Å². The molecule has 2 fully saturated rings. The van der Waals surface area contributed by atoms with Crippen molar-refractivity contribution in [2.45, 2.75) is 31.7 Å². The maximum atomic E-state index is 15.4. The molecule has 186 valence electrons. The summed E-state index contributed by atoms with van der Waals surface area (Å²) in [6, 6.07) is 12.7. The lowest BCUT2D eigenvalue weighted by Crippen LogP contribution is -2.47. The van der Waals surface area contributed by atoms with Crippen LogP contribution in [0.15, 0.2) is 42.5 Å². The lowest BCUT2D eigenvalue weighted by atomic mass is 10.1. The van der Waals surface area contributed by atoms with Crippen LogP contribution in [0.3, 0.4) is 0 Å². The summed E-state index contributed by atoms with van der Waals surface area (Å²) < 4.78 is 31.3. The van der Waals surface area contributed by atoms with Gasteiger partial charge in [-0.15, -0.1) is 0 Å². The lowest BCUT2D eigenvalue weighted by Gasteiger charge is -2.32. The molecule has 1 aromatic heterocycles. The number of likely N-dealkylation sites (N-methyl/N-ethyl adjacent to an activating group) is 1. The zero-order valence-corrected chi connectivity index (χ0v) is 20.2. The van der Waals surface area contributed by atoms with Crippen molar-refractivity contribution < 1.29 is 13.6 Å². The van der Waals surface area contributed by atoms with E-state index in [1.165, 1.54) is 22.9 Å². The number of anilines is 1. The van der Waals surface area contributed by atoms with Gasteiger partial charge in [-0.1, -0.05) is 6.07 Å². The first-order chi connectivity index (χ1) is 17.5. The number of nitrogens with one attached hydrogen (secondary N) is 1. The van der Waals surface area contributed by atoms with Crippen LogP contribution in [0.2, 0.25) is 0 Å². The Hall–Kier alpha value is -3.77. The topological polar surface area (TPSA) is 77.2 Å². The lowest BCUT2D eigenvalue weighted by molar-refractivity contribution is 0.0691. The van der Waals surface area contributed by atoms with Gasteiger partial charge < -0.3 is 15.1 Å². The second kappa shape index (κ2) is 10.1. The van der Waals surface area contributed by atoms with Crippen LogP contribution in [0.5, 0.6) is 0 Å². The molecule has 36 heavy (non-hydrogen) atoms. The number of amides is 1. The molecule has 9 heteroatoms. The molecule has 1 N–H and O–H groups in total. The van der Waals surface area contributed by atoms with Crippen LogP contribution < -0.4 is 10.2 Å². The summed E-state index contributed by atoms with van der Waals surface area (Å²) in [6.07, 6.45) is 4.01. The number of nitriles is 1. The summed E-state index contributed by atoms with van der Waals surface area (Å²) in [7, 11) is 1.87. The number of hydrogen-bond acceptors (Lipinski definition) is 5. The molecule has 7 nitrogen and oxygen atoms in total. The van der Waals surface area contributed by atoms with E-state index in [2.05, 4.69) is 15.3 Å². The Balaban J connectivity index is 1.57. The smallest absolute Gasteiger partial charge is 0.274 e. The van der Waals surface area contributed by atoms with Crippen molar-refractivity contribution in [3.8, 4) is 23.0 Å². The van der Waals surface area contributed by atoms with E-state index >= 15 is 4.39 Å². The van der Waals surface area contributed by atoms with Gasteiger partial charge in [-0.05, 0) is 69.1 Å². The Labute approximate surface area is 208 Å². The summed E-state index contributed by atoms with van der Waals surface area (Å²) in [5.74, 6) is -1.42. The summed E-state index contributed by atoms with van der Waals surface area (Å²) in [5.41, 5.74) is 1.81. The van der Waals surface area contributed by atoms with Crippen LogP contribution in [0, 0.1) is 23.0 Å². The van der Waals surface area contributed by atoms with Gasteiger partial charge in [-0.25, -0.2) is 13.5 Å². The number of aromatic nitrogens is 2. The maximum Gasteiger partial charge on any atom is 0.274 e. The van der Waals surface area contributed by atoms with Crippen molar-refractivity contribution in [3.05, 3.63) is 65.4 Å². The normalized spacial score (nSPS) is 17.9. The minimum atomic E-state index is -0.687. The SMILES string of the molecule is CN[C@@H]1CCCN(C(=O)c2cc(-c3ccc(C#N)c(F)c3)n(-c3ccc(N4CCCC4)cc3F)n2)C1. The number of nitrogens with zero attached hydrogens (tertiary/aromatic N) is 5. The third-order valence-corrected chi connectivity index (χ3v) is 7.06. The summed E-state index contributed by atoms with van der Waals surface area (Å²) in [4.78, 5) is 17.3. The maximum absolute atomic E-state index is 15.4. The second-order valence-electron chi connectivity index (χ2n) is 9.34. The van der Waals surface area contributed by atoms with E-state index in [4.69, 9.17) is 5.26 Å². The van der Waals surface area contributed by atoms with Gasteiger partial charge in [0.1, 0.15) is 17.6 Å². The summed E-state index contributed by atoms with van der Waals surface area (Å²) >= 11 is 0. The number of likely N-dealkylation sites (tertiary alicyclic amines) is 1. The third kappa shape index (κ3) is 4.56. The fraction of sp³-hybridized carbons (Fsp3) is 0.370. The molecule has 3 aromatic rings. The molecule has 0 saturated carbocycles. The molecule has 2 saturated heterocycles. The molecular formula is C27H28F2N6O. The number of piperidine rings is 1.